The van der Waals surface area contributed by atoms with Crippen LogP contribution in [-0.2, 0) is 0 Å². The number of hydrogen-bond acceptors (Lipinski definition) is 2. The van der Waals surface area contributed by atoms with E-state index in [1.54, 1.807) is 0 Å². The molecule has 1 aromatic heterocycles. The van der Waals surface area contributed by atoms with Gasteiger partial charge in [0.1, 0.15) is 5.75 Å². The molecule has 1 aliphatic heterocycles. The van der Waals surface area contributed by atoms with Crippen LogP contribution in [0.1, 0.15) is 18.0 Å². The van der Waals surface area contributed by atoms with E-state index >= 15 is 0 Å². The summed E-state index contributed by atoms with van der Waals surface area (Å²) in [5, 5.41) is 6.97. The number of carbonyl (C=O) groups is 1. The molecule has 23 heavy (non-hydrogen) atoms. The standard InChI is InChI=1S/C18H17N3O2/c22-18(20-15-6-3-5-14-12(15)8-10-19-14)21-16-9-11-23-17-7-2-1-4-13(16)17/h1-8,10,16,19H,9,11H2,(H2,20,21,22)/t16-/m0/s1. The van der Waals surface area contributed by atoms with Crippen molar-refractivity contribution in [1.82, 2.24) is 10.3 Å². The molecule has 0 aliphatic carbocycles. The number of ether oxygens (including phenoxy) is 1. The predicted octanol–water partition coefficient (Wildman–Crippen LogP) is 3.81. The number of anilines is 1. The molecule has 5 nitrogen and oxygen atoms in total. The molecule has 2 heterocycles. The van der Waals surface area contributed by atoms with Crippen molar-refractivity contribution in [3.63, 3.8) is 0 Å². The van der Waals surface area contributed by atoms with E-state index in [9.17, 15) is 4.79 Å². The Morgan fingerprint density at radius 3 is 3.00 bits per heavy atom. The maximum absolute atomic E-state index is 12.4. The fraction of sp³-hybridized carbons (Fsp3) is 0.167. The molecular formula is C18H17N3O2. The lowest BCUT2D eigenvalue weighted by atomic mass is 10.0. The van der Waals surface area contributed by atoms with Gasteiger partial charge < -0.3 is 20.4 Å². The first-order chi connectivity index (χ1) is 11.3. The SMILES string of the molecule is O=C(Nc1cccc2[nH]ccc12)N[C@H]1CCOc2ccccc21. The number of urea groups is 1. The van der Waals surface area contributed by atoms with E-state index in [0.29, 0.717) is 6.61 Å². The quantitative estimate of drug-likeness (QED) is 0.674. The molecule has 5 heteroatoms. The van der Waals surface area contributed by atoms with Crippen molar-refractivity contribution in [1.29, 1.82) is 0 Å². The molecule has 2 amide bonds. The van der Waals surface area contributed by atoms with Crippen molar-refractivity contribution >= 4 is 22.6 Å². The second-order valence-electron chi connectivity index (χ2n) is 5.57. The third kappa shape index (κ3) is 2.61. The molecule has 3 aromatic rings. The van der Waals surface area contributed by atoms with Gasteiger partial charge in [-0.3, -0.25) is 0 Å². The first-order valence-corrected chi connectivity index (χ1v) is 7.66. The van der Waals surface area contributed by atoms with E-state index in [1.807, 2.05) is 54.7 Å². The normalized spacial score (nSPS) is 16.4. The molecule has 0 saturated heterocycles. The van der Waals surface area contributed by atoms with Crippen LogP contribution in [0.2, 0.25) is 0 Å². The van der Waals surface area contributed by atoms with Crippen LogP contribution in [0, 0.1) is 0 Å². The molecule has 3 N–H and O–H groups in total. The Bertz CT molecular complexity index is 856. The number of amides is 2. The number of fused-ring (bicyclic) bond motifs is 2. The van der Waals surface area contributed by atoms with Crippen molar-refractivity contribution in [2.45, 2.75) is 12.5 Å². The Morgan fingerprint density at radius 1 is 1.13 bits per heavy atom. The van der Waals surface area contributed by atoms with Crippen LogP contribution in [0.25, 0.3) is 10.9 Å². The number of aromatic nitrogens is 1. The molecule has 0 unspecified atom stereocenters. The average Bonchev–Trinajstić information content (AvgIpc) is 3.05. The molecule has 1 atom stereocenters. The highest BCUT2D eigenvalue weighted by atomic mass is 16.5. The first-order valence-electron chi connectivity index (χ1n) is 7.66. The summed E-state index contributed by atoms with van der Waals surface area (Å²) in [6, 6.07) is 15.3. The third-order valence-corrected chi connectivity index (χ3v) is 4.11. The molecule has 0 saturated carbocycles. The van der Waals surface area contributed by atoms with E-state index in [1.165, 1.54) is 0 Å². The highest BCUT2D eigenvalue weighted by molar-refractivity contribution is 6.00. The Labute approximate surface area is 133 Å². The number of rotatable bonds is 2. The lowest BCUT2D eigenvalue weighted by Gasteiger charge is -2.26. The summed E-state index contributed by atoms with van der Waals surface area (Å²) >= 11 is 0. The number of benzene rings is 2. The molecule has 0 fully saturated rings. The van der Waals surface area contributed by atoms with Gasteiger partial charge in [0.05, 0.1) is 18.3 Å². The Hall–Kier alpha value is -2.95. The molecule has 1 aliphatic rings. The Balaban J connectivity index is 1.52. The number of carbonyl (C=O) groups excluding carboxylic acids is 1. The number of H-pyrrole nitrogens is 1. The van der Waals surface area contributed by atoms with Gasteiger partial charge in [-0.2, -0.15) is 0 Å². The summed E-state index contributed by atoms with van der Waals surface area (Å²) in [5.74, 6) is 0.844. The van der Waals surface area contributed by atoms with E-state index in [4.69, 9.17) is 4.74 Å². The molecule has 4 rings (SSSR count). The highest BCUT2D eigenvalue weighted by Crippen LogP contribution is 2.31. The lowest BCUT2D eigenvalue weighted by molar-refractivity contribution is 0.232. The predicted molar refractivity (Wildman–Crippen MR) is 89.7 cm³/mol. The largest absolute Gasteiger partial charge is 0.493 e. The molecule has 116 valence electrons. The molecule has 0 spiro atoms. The van der Waals surface area contributed by atoms with Gasteiger partial charge in [-0.25, -0.2) is 4.79 Å². The van der Waals surface area contributed by atoms with Gasteiger partial charge in [-0.1, -0.05) is 24.3 Å². The number of hydrogen-bond donors (Lipinski definition) is 3. The van der Waals surface area contributed by atoms with Gasteiger partial charge in [0.2, 0.25) is 0 Å². The minimum Gasteiger partial charge on any atom is -0.493 e. The fourth-order valence-corrected chi connectivity index (χ4v) is 3.00. The average molecular weight is 307 g/mol. The summed E-state index contributed by atoms with van der Waals surface area (Å²) < 4.78 is 5.62. The molecule has 2 aromatic carbocycles. The van der Waals surface area contributed by atoms with Crippen molar-refractivity contribution in [2.75, 3.05) is 11.9 Å². The zero-order valence-corrected chi connectivity index (χ0v) is 12.5. The zero-order valence-electron chi connectivity index (χ0n) is 12.5. The summed E-state index contributed by atoms with van der Waals surface area (Å²) in [6.07, 6.45) is 2.63. The minimum atomic E-state index is -0.208. The second kappa shape index (κ2) is 5.68. The van der Waals surface area contributed by atoms with Gasteiger partial charge in [0.15, 0.2) is 0 Å². The van der Waals surface area contributed by atoms with Crippen molar-refractivity contribution in [2.24, 2.45) is 0 Å². The minimum absolute atomic E-state index is 0.0367. The number of aromatic amines is 1. The van der Waals surface area contributed by atoms with Crippen LogP contribution in [0.4, 0.5) is 10.5 Å². The molecule has 0 bridgehead atoms. The van der Waals surface area contributed by atoms with E-state index in [2.05, 4.69) is 15.6 Å². The topological polar surface area (TPSA) is 66.2 Å². The maximum atomic E-state index is 12.4. The zero-order chi connectivity index (χ0) is 15.6. The monoisotopic (exact) mass is 307 g/mol. The summed E-state index contributed by atoms with van der Waals surface area (Å²) in [7, 11) is 0. The fourth-order valence-electron chi connectivity index (χ4n) is 3.00. The van der Waals surface area contributed by atoms with E-state index in [-0.39, 0.29) is 12.1 Å². The van der Waals surface area contributed by atoms with Gasteiger partial charge in [0, 0.05) is 29.1 Å². The van der Waals surface area contributed by atoms with Crippen LogP contribution in [0.15, 0.2) is 54.7 Å². The van der Waals surface area contributed by atoms with Gasteiger partial charge in [0.25, 0.3) is 0 Å². The first kappa shape index (κ1) is 13.7. The van der Waals surface area contributed by atoms with Crippen molar-refractivity contribution < 1.29 is 9.53 Å². The van der Waals surface area contributed by atoms with Crippen LogP contribution in [0.3, 0.4) is 0 Å². The maximum Gasteiger partial charge on any atom is 0.319 e. The Kier molecular flexibility index (Phi) is 3.38. The van der Waals surface area contributed by atoms with E-state index in [0.717, 1.165) is 34.3 Å². The van der Waals surface area contributed by atoms with Gasteiger partial charge in [-0.05, 0) is 24.3 Å². The molecule has 0 radical (unpaired) electrons. The van der Waals surface area contributed by atoms with E-state index < -0.39 is 0 Å². The molecular weight excluding hydrogens is 290 g/mol. The second-order valence-corrected chi connectivity index (χ2v) is 5.57. The van der Waals surface area contributed by atoms with Crippen molar-refractivity contribution in [3.05, 3.63) is 60.3 Å². The summed E-state index contributed by atoms with van der Waals surface area (Å²) in [4.78, 5) is 15.5. The Morgan fingerprint density at radius 2 is 2.04 bits per heavy atom. The van der Waals surface area contributed by atoms with Gasteiger partial charge in [-0.15, -0.1) is 0 Å². The van der Waals surface area contributed by atoms with Crippen LogP contribution >= 0.6 is 0 Å². The van der Waals surface area contributed by atoms with Crippen molar-refractivity contribution in [3.8, 4) is 5.75 Å². The summed E-state index contributed by atoms with van der Waals surface area (Å²) in [5.41, 5.74) is 2.81. The summed E-state index contributed by atoms with van der Waals surface area (Å²) in [6.45, 7) is 0.607. The number of para-hydroxylation sites is 1. The highest BCUT2D eigenvalue weighted by Gasteiger charge is 2.22. The van der Waals surface area contributed by atoms with Gasteiger partial charge >= 0.3 is 6.03 Å². The smallest absolute Gasteiger partial charge is 0.319 e. The number of nitrogens with one attached hydrogen (secondary N) is 3. The lowest BCUT2D eigenvalue weighted by Crippen LogP contribution is -2.35. The third-order valence-electron chi connectivity index (χ3n) is 4.11. The van der Waals surface area contributed by atoms with Crippen LogP contribution in [0.5, 0.6) is 5.75 Å². The van der Waals surface area contributed by atoms with Crippen LogP contribution in [-0.4, -0.2) is 17.6 Å². The van der Waals surface area contributed by atoms with Crippen LogP contribution < -0.4 is 15.4 Å².